The SMILES string of the molecule is CCC1CNC(CC(C)C)CN1c1ccc(C(C)C)cc1. The summed E-state index contributed by atoms with van der Waals surface area (Å²) in [4.78, 5) is 2.62. The minimum Gasteiger partial charge on any atom is -0.366 e. The third-order valence-electron chi connectivity index (χ3n) is 4.62. The molecule has 1 fully saturated rings. The maximum atomic E-state index is 3.74. The van der Waals surface area contributed by atoms with Gasteiger partial charge in [-0.1, -0.05) is 46.8 Å². The second kappa shape index (κ2) is 7.31. The van der Waals surface area contributed by atoms with Crippen molar-refractivity contribution in [1.29, 1.82) is 0 Å². The van der Waals surface area contributed by atoms with Crippen molar-refractivity contribution >= 4 is 5.69 Å². The lowest BCUT2D eigenvalue weighted by molar-refractivity contribution is 0.343. The Balaban J connectivity index is 2.12. The third kappa shape index (κ3) is 4.23. The number of nitrogens with zero attached hydrogens (tertiary/aromatic N) is 1. The summed E-state index contributed by atoms with van der Waals surface area (Å²) >= 11 is 0. The molecule has 1 aromatic carbocycles. The lowest BCUT2D eigenvalue weighted by Gasteiger charge is -2.42. The molecule has 1 aliphatic heterocycles. The average molecular weight is 288 g/mol. The summed E-state index contributed by atoms with van der Waals surface area (Å²) in [7, 11) is 0. The maximum Gasteiger partial charge on any atom is 0.0412 e. The van der Waals surface area contributed by atoms with Gasteiger partial charge in [0.1, 0.15) is 0 Å². The van der Waals surface area contributed by atoms with Crippen LogP contribution in [0.4, 0.5) is 5.69 Å². The Labute approximate surface area is 130 Å². The van der Waals surface area contributed by atoms with Gasteiger partial charge < -0.3 is 10.2 Å². The van der Waals surface area contributed by atoms with Gasteiger partial charge in [0, 0.05) is 30.9 Å². The van der Waals surface area contributed by atoms with Crippen LogP contribution in [0.15, 0.2) is 24.3 Å². The molecular formula is C19H32N2. The van der Waals surface area contributed by atoms with E-state index in [-0.39, 0.29) is 0 Å². The highest BCUT2D eigenvalue weighted by Crippen LogP contribution is 2.25. The topological polar surface area (TPSA) is 15.3 Å². The molecule has 0 amide bonds. The molecule has 1 heterocycles. The molecular weight excluding hydrogens is 256 g/mol. The Bertz CT molecular complexity index is 422. The predicted molar refractivity (Wildman–Crippen MR) is 93.2 cm³/mol. The zero-order valence-corrected chi connectivity index (χ0v) is 14.4. The van der Waals surface area contributed by atoms with Crippen molar-refractivity contribution in [2.45, 2.75) is 65.5 Å². The molecule has 2 rings (SSSR count). The van der Waals surface area contributed by atoms with Crippen LogP contribution >= 0.6 is 0 Å². The van der Waals surface area contributed by atoms with E-state index in [9.17, 15) is 0 Å². The predicted octanol–water partition coefficient (Wildman–Crippen LogP) is 4.41. The first-order valence-electron chi connectivity index (χ1n) is 8.61. The molecule has 21 heavy (non-hydrogen) atoms. The lowest BCUT2D eigenvalue weighted by Crippen LogP contribution is -2.56. The van der Waals surface area contributed by atoms with Gasteiger partial charge in [0.25, 0.3) is 0 Å². The molecule has 2 heteroatoms. The highest BCUT2D eigenvalue weighted by molar-refractivity contribution is 5.50. The van der Waals surface area contributed by atoms with Crippen molar-refractivity contribution in [3.8, 4) is 0 Å². The van der Waals surface area contributed by atoms with Crippen LogP contribution in [0.1, 0.15) is 58.9 Å². The largest absolute Gasteiger partial charge is 0.366 e. The Morgan fingerprint density at radius 3 is 2.33 bits per heavy atom. The summed E-state index contributed by atoms with van der Waals surface area (Å²) in [6, 6.07) is 10.5. The first-order valence-corrected chi connectivity index (χ1v) is 8.61. The van der Waals surface area contributed by atoms with E-state index in [1.54, 1.807) is 0 Å². The van der Waals surface area contributed by atoms with Gasteiger partial charge in [-0.25, -0.2) is 0 Å². The minimum absolute atomic E-state index is 0.609. The normalized spacial score (nSPS) is 23.1. The monoisotopic (exact) mass is 288 g/mol. The molecule has 0 aromatic heterocycles. The highest BCUT2D eigenvalue weighted by Gasteiger charge is 2.27. The van der Waals surface area contributed by atoms with Crippen LogP contribution in [-0.4, -0.2) is 25.2 Å². The Kier molecular flexibility index (Phi) is 5.69. The molecule has 0 bridgehead atoms. The van der Waals surface area contributed by atoms with Gasteiger partial charge in [-0.3, -0.25) is 0 Å². The quantitative estimate of drug-likeness (QED) is 0.863. The number of piperazine rings is 1. The fraction of sp³-hybridized carbons (Fsp3) is 0.684. The molecule has 2 nitrogen and oxygen atoms in total. The maximum absolute atomic E-state index is 3.74. The molecule has 0 radical (unpaired) electrons. The number of anilines is 1. The Morgan fingerprint density at radius 2 is 1.81 bits per heavy atom. The van der Waals surface area contributed by atoms with Crippen LogP contribution < -0.4 is 10.2 Å². The van der Waals surface area contributed by atoms with E-state index < -0.39 is 0 Å². The van der Waals surface area contributed by atoms with E-state index in [1.807, 2.05) is 0 Å². The number of benzene rings is 1. The molecule has 1 aliphatic rings. The first kappa shape index (κ1) is 16.4. The van der Waals surface area contributed by atoms with Crippen LogP contribution in [-0.2, 0) is 0 Å². The molecule has 0 spiro atoms. The molecule has 2 atom stereocenters. The molecule has 0 saturated carbocycles. The summed E-state index contributed by atoms with van der Waals surface area (Å²) in [5.41, 5.74) is 2.82. The van der Waals surface area contributed by atoms with E-state index in [2.05, 4.69) is 69.1 Å². The number of hydrogen-bond acceptors (Lipinski definition) is 2. The van der Waals surface area contributed by atoms with Crippen molar-refractivity contribution in [3.05, 3.63) is 29.8 Å². The van der Waals surface area contributed by atoms with E-state index in [0.717, 1.165) is 19.0 Å². The van der Waals surface area contributed by atoms with Crippen LogP contribution in [0.25, 0.3) is 0 Å². The van der Waals surface area contributed by atoms with Crippen molar-refractivity contribution in [2.24, 2.45) is 5.92 Å². The standard InChI is InChI=1S/C19H32N2/c1-6-18-12-20-17(11-14(2)3)13-21(18)19-9-7-16(8-10-19)15(4)5/h7-10,14-15,17-18,20H,6,11-13H2,1-5H3. The molecule has 1 N–H and O–H groups in total. The van der Waals surface area contributed by atoms with E-state index in [1.165, 1.54) is 24.1 Å². The number of nitrogens with one attached hydrogen (secondary N) is 1. The lowest BCUT2D eigenvalue weighted by atomic mass is 9.97. The summed E-state index contributed by atoms with van der Waals surface area (Å²) in [5.74, 6) is 1.36. The molecule has 1 saturated heterocycles. The number of rotatable bonds is 5. The fourth-order valence-corrected chi connectivity index (χ4v) is 3.32. The van der Waals surface area contributed by atoms with E-state index in [0.29, 0.717) is 18.0 Å². The first-order chi connectivity index (χ1) is 10.0. The highest BCUT2D eigenvalue weighted by atomic mass is 15.2. The van der Waals surface area contributed by atoms with E-state index in [4.69, 9.17) is 0 Å². The zero-order chi connectivity index (χ0) is 15.4. The van der Waals surface area contributed by atoms with Gasteiger partial charge in [-0.15, -0.1) is 0 Å². The van der Waals surface area contributed by atoms with Crippen molar-refractivity contribution in [2.75, 3.05) is 18.0 Å². The Morgan fingerprint density at radius 1 is 1.14 bits per heavy atom. The van der Waals surface area contributed by atoms with Crippen molar-refractivity contribution in [3.63, 3.8) is 0 Å². The Hall–Kier alpha value is -1.02. The van der Waals surface area contributed by atoms with E-state index >= 15 is 0 Å². The van der Waals surface area contributed by atoms with Crippen molar-refractivity contribution in [1.82, 2.24) is 5.32 Å². The molecule has 1 aromatic rings. The summed E-state index contributed by atoms with van der Waals surface area (Å²) < 4.78 is 0. The van der Waals surface area contributed by atoms with Gasteiger partial charge in [-0.2, -0.15) is 0 Å². The van der Waals surface area contributed by atoms with Crippen LogP contribution in [0.5, 0.6) is 0 Å². The van der Waals surface area contributed by atoms with Gasteiger partial charge in [-0.05, 0) is 42.4 Å². The average Bonchev–Trinajstić information content (AvgIpc) is 2.46. The van der Waals surface area contributed by atoms with Crippen LogP contribution in [0.2, 0.25) is 0 Å². The molecule has 118 valence electrons. The zero-order valence-electron chi connectivity index (χ0n) is 14.4. The third-order valence-corrected chi connectivity index (χ3v) is 4.62. The van der Waals surface area contributed by atoms with Gasteiger partial charge in [0.05, 0.1) is 0 Å². The molecule has 0 aliphatic carbocycles. The summed E-state index contributed by atoms with van der Waals surface area (Å²) in [6.07, 6.45) is 2.46. The van der Waals surface area contributed by atoms with Crippen LogP contribution in [0.3, 0.4) is 0 Å². The fourth-order valence-electron chi connectivity index (χ4n) is 3.32. The van der Waals surface area contributed by atoms with Gasteiger partial charge >= 0.3 is 0 Å². The second-order valence-corrected chi connectivity index (χ2v) is 7.20. The summed E-state index contributed by atoms with van der Waals surface area (Å²) in [5, 5.41) is 3.74. The minimum atomic E-state index is 0.609. The van der Waals surface area contributed by atoms with Crippen LogP contribution in [0, 0.1) is 5.92 Å². The second-order valence-electron chi connectivity index (χ2n) is 7.20. The van der Waals surface area contributed by atoms with Crippen molar-refractivity contribution < 1.29 is 0 Å². The summed E-state index contributed by atoms with van der Waals surface area (Å²) in [6.45, 7) is 13.7. The number of hydrogen-bond donors (Lipinski definition) is 1. The molecule has 2 unspecified atom stereocenters. The smallest absolute Gasteiger partial charge is 0.0412 e. The van der Waals surface area contributed by atoms with Gasteiger partial charge in [0.2, 0.25) is 0 Å². The van der Waals surface area contributed by atoms with Gasteiger partial charge in [0.15, 0.2) is 0 Å².